The predicted octanol–water partition coefficient (Wildman–Crippen LogP) is 3.42. The molecule has 0 amide bonds. The molecule has 0 bridgehead atoms. The Labute approximate surface area is 122 Å². The lowest BCUT2D eigenvalue weighted by Gasteiger charge is -2.19. The van der Waals surface area contributed by atoms with Crippen LogP contribution in [0.4, 0.5) is 0 Å². The molecule has 0 spiro atoms. The second-order valence-electron chi connectivity index (χ2n) is 4.56. The summed E-state index contributed by atoms with van der Waals surface area (Å²) in [7, 11) is 0. The summed E-state index contributed by atoms with van der Waals surface area (Å²) in [6.45, 7) is 3.25. The third-order valence-corrected chi connectivity index (χ3v) is 3.87. The van der Waals surface area contributed by atoms with E-state index in [9.17, 15) is 5.11 Å². The van der Waals surface area contributed by atoms with Gasteiger partial charge in [0, 0.05) is 28.7 Å². The number of aliphatic hydroxyl groups excluding tert-OH is 1. The number of nitrogens with one attached hydrogen (secondary N) is 1. The Morgan fingerprint density at radius 2 is 2.21 bits per heavy atom. The van der Waals surface area contributed by atoms with Crippen LogP contribution in [0.2, 0.25) is 0 Å². The zero-order valence-corrected chi connectivity index (χ0v) is 12.7. The van der Waals surface area contributed by atoms with Crippen molar-refractivity contribution < 1.29 is 5.11 Å². The molecule has 0 radical (unpaired) electrons. The molecule has 1 unspecified atom stereocenters. The Hall–Kier alpha value is -0.970. The van der Waals surface area contributed by atoms with E-state index in [1.807, 2.05) is 12.3 Å². The Balaban J connectivity index is 2.44. The summed E-state index contributed by atoms with van der Waals surface area (Å²) in [4.78, 5) is 4.50. The van der Waals surface area contributed by atoms with Gasteiger partial charge in [-0.25, -0.2) is 0 Å². The van der Waals surface area contributed by atoms with Crippen LogP contribution >= 0.6 is 15.9 Å². The third-order valence-electron chi connectivity index (χ3n) is 3.18. The molecule has 4 heteroatoms. The van der Waals surface area contributed by atoms with E-state index in [-0.39, 0.29) is 12.6 Å². The largest absolute Gasteiger partial charge is 0.396 e. The van der Waals surface area contributed by atoms with Crippen LogP contribution in [-0.4, -0.2) is 23.2 Å². The molecule has 2 N–H and O–H groups in total. The minimum absolute atomic E-state index is 0.149. The summed E-state index contributed by atoms with van der Waals surface area (Å²) in [5.74, 6) is 0. The molecule has 0 saturated heterocycles. The smallest absolute Gasteiger partial charge is 0.0761 e. The van der Waals surface area contributed by atoms with Crippen molar-refractivity contribution in [2.24, 2.45) is 0 Å². The minimum Gasteiger partial charge on any atom is -0.396 e. The molecule has 0 fully saturated rings. The summed E-state index contributed by atoms with van der Waals surface area (Å²) < 4.78 is 1.05. The monoisotopic (exact) mass is 322 g/mol. The van der Waals surface area contributed by atoms with Gasteiger partial charge in [0.05, 0.1) is 5.52 Å². The third kappa shape index (κ3) is 3.32. The van der Waals surface area contributed by atoms with Crippen molar-refractivity contribution in [2.75, 3.05) is 13.2 Å². The molecule has 0 saturated carbocycles. The van der Waals surface area contributed by atoms with Crippen LogP contribution in [0.25, 0.3) is 10.9 Å². The number of aromatic nitrogens is 1. The first-order chi connectivity index (χ1) is 9.27. The van der Waals surface area contributed by atoms with Gasteiger partial charge < -0.3 is 10.4 Å². The van der Waals surface area contributed by atoms with Gasteiger partial charge in [0.2, 0.25) is 0 Å². The van der Waals surface area contributed by atoms with Gasteiger partial charge in [-0.15, -0.1) is 0 Å². The average Bonchev–Trinajstić information content (AvgIpc) is 2.45. The van der Waals surface area contributed by atoms with Crippen LogP contribution in [0.3, 0.4) is 0 Å². The molecule has 2 rings (SSSR count). The SMILES string of the molecule is CCCNC(CCO)c1ccc(Br)c2cccnc12. The topological polar surface area (TPSA) is 45.1 Å². The lowest BCUT2D eigenvalue weighted by atomic mass is 10.0. The van der Waals surface area contributed by atoms with Crippen molar-refractivity contribution in [2.45, 2.75) is 25.8 Å². The molecule has 2 aromatic rings. The highest BCUT2D eigenvalue weighted by Crippen LogP contribution is 2.29. The highest BCUT2D eigenvalue weighted by molar-refractivity contribution is 9.10. The number of nitrogens with zero attached hydrogens (tertiary/aromatic N) is 1. The van der Waals surface area contributed by atoms with E-state index in [2.05, 4.69) is 51.4 Å². The number of benzene rings is 1. The number of aliphatic hydroxyl groups is 1. The standard InChI is InChI=1S/C15H19BrN2O/c1-2-8-17-14(7-10-19)12-5-6-13(16)11-4-3-9-18-15(11)12/h3-6,9,14,17,19H,2,7-8,10H2,1H3. The lowest BCUT2D eigenvalue weighted by Crippen LogP contribution is -2.23. The second-order valence-corrected chi connectivity index (χ2v) is 5.41. The molecular formula is C15H19BrN2O. The summed E-state index contributed by atoms with van der Waals surface area (Å²) >= 11 is 3.56. The quantitative estimate of drug-likeness (QED) is 0.856. The number of halogens is 1. The molecule has 0 aliphatic rings. The van der Waals surface area contributed by atoms with Gasteiger partial charge in [-0.05, 0) is 37.1 Å². The van der Waals surface area contributed by atoms with Gasteiger partial charge in [0.25, 0.3) is 0 Å². The van der Waals surface area contributed by atoms with Gasteiger partial charge in [0.15, 0.2) is 0 Å². The fraction of sp³-hybridized carbons (Fsp3) is 0.400. The summed E-state index contributed by atoms with van der Waals surface area (Å²) in [5.41, 5.74) is 2.15. The number of fused-ring (bicyclic) bond motifs is 1. The van der Waals surface area contributed by atoms with E-state index in [1.165, 1.54) is 0 Å². The minimum atomic E-state index is 0.149. The summed E-state index contributed by atoms with van der Waals surface area (Å²) in [5, 5.41) is 13.8. The first-order valence-corrected chi connectivity index (χ1v) is 7.44. The molecule has 19 heavy (non-hydrogen) atoms. The predicted molar refractivity (Wildman–Crippen MR) is 82.2 cm³/mol. The van der Waals surface area contributed by atoms with Crippen LogP contribution in [0.5, 0.6) is 0 Å². The van der Waals surface area contributed by atoms with E-state index in [4.69, 9.17) is 0 Å². The zero-order chi connectivity index (χ0) is 13.7. The van der Waals surface area contributed by atoms with Gasteiger partial charge in [-0.1, -0.05) is 35.0 Å². The van der Waals surface area contributed by atoms with Crippen molar-refractivity contribution in [3.05, 3.63) is 40.5 Å². The van der Waals surface area contributed by atoms with Crippen molar-refractivity contribution in [1.29, 1.82) is 0 Å². The molecule has 1 aromatic heterocycles. The van der Waals surface area contributed by atoms with Crippen molar-refractivity contribution in [1.82, 2.24) is 10.3 Å². The Morgan fingerprint density at radius 1 is 1.37 bits per heavy atom. The van der Waals surface area contributed by atoms with Crippen LogP contribution in [0.15, 0.2) is 34.9 Å². The second kappa shape index (κ2) is 6.98. The van der Waals surface area contributed by atoms with Crippen LogP contribution in [0.1, 0.15) is 31.4 Å². The maximum absolute atomic E-state index is 9.25. The number of rotatable bonds is 6. The molecule has 1 heterocycles. The fourth-order valence-electron chi connectivity index (χ4n) is 2.26. The van der Waals surface area contributed by atoms with E-state index in [0.29, 0.717) is 6.42 Å². The number of pyridine rings is 1. The average molecular weight is 323 g/mol. The molecule has 0 aliphatic heterocycles. The molecular weight excluding hydrogens is 304 g/mol. The normalized spacial score (nSPS) is 12.8. The van der Waals surface area contributed by atoms with E-state index >= 15 is 0 Å². The Kier molecular flexibility index (Phi) is 5.31. The Morgan fingerprint density at radius 3 is 2.95 bits per heavy atom. The molecule has 0 aliphatic carbocycles. The van der Waals surface area contributed by atoms with Crippen LogP contribution in [-0.2, 0) is 0 Å². The molecule has 1 atom stereocenters. The molecule has 3 nitrogen and oxygen atoms in total. The fourth-order valence-corrected chi connectivity index (χ4v) is 2.71. The highest BCUT2D eigenvalue weighted by Gasteiger charge is 2.15. The first kappa shape index (κ1) is 14.4. The maximum atomic E-state index is 9.25. The molecule has 1 aromatic carbocycles. The summed E-state index contributed by atoms with van der Waals surface area (Å²) in [6, 6.07) is 8.29. The van der Waals surface area contributed by atoms with E-state index in [1.54, 1.807) is 0 Å². The first-order valence-electron chi connectivity index (χ1n) is 6.65. The molecule has 102 valence electrons. The van der Waals surface area contributed by atoms with Gasteiger partial charge >= 0.3 is 0 Å². The Bertz CT molecular complexity index is 545. The van der Waals surface area contributed by atoms with E-state index in [0.717, 1.165) is 33.9 Å². The number of hydrogen-bond acceptors (Lipinski definition) is 3. The maximum Gasteiger partial charge on any atom is 0.0761 e. The zero-order valence-electron chi connectivity index (χ0n) is 11.1. The van der Waals surface area contributed by atoms with Crippen molar-refractivity contribution in [3.63, 3.8) is 0 Å². The van der Waals surface area contributed by atoms with Crippen LogP contribution < -0.4 is 5.32 Å². The summed E-state index contributed by atoms with van der Waals surface area (Å²) in [6.07, 6.45) is 3.59. The van der Waals surface area contributed by atoms with Gasteiger partial charge in [0.1, 0.15) is 0 Å². The van der Waals surface area contributed by atoms with Crippen LogP contribution in [0, 0.1) is 0 Å². The number of hydrogen-bond donors (Lipinski definition) is 2. The van der Waals surface area contributed by atoms with Gasteiger partial charge in [-0.3, -0.25) is 4.98 Å². The van der Waals surface area contributed by atoms with E-state index < -0.39 is 0 Å². The lowest BCUT2D eigenvalue weighted by molar-refractivity contribution is 0.266. The van der Waals surface area contributed by atoms with Gasteiger partial charge in [-0.2, -0.15) is 0 Å². The van der Waals surface area contributed by atoms with Crippen molar-refractivity contribution in [3.8, 4) is 0 Å². The van der Waals surface area contributed by atoms with Crippen molar-refractivity contribution >= 4 is 26.8 Å². The highest BCUT2D eigenvalue weighted by atomic mass is 79.9.